The Labute approximate surface area is 158 Å². The van der Waals surface area contributed by atoms with Gasteiger partial charge in [0.15, 0.2) is 4.32 Å². The summed E-state index contributed by atoms with van der Waals surface area (Å²) in [5.74, 6) is 0.422. The van der Waals surface area contributed by atoms with E-state index in [0.717, 1.165) is 11.8 Å². The Morgan fingerprint density at radius 3 is 2.73 bits per heavy atom. The molecule has 0 aliphatic carbocycles. The zero-order chi connectivity index (χ0) is 18.8. The molecular formula is C18H12N2O4S2. The SMILES string of the molecule is C=CC(=C)N1C(=O)/C(=C/c2ccc(-c3ccccc3[N+](=O)[O-])o2)SC1=S. The van der Waals surface area contributed by atoms with Crippen molar-refractivity contribution in [3.05, 3.63) is 82.1 Å². The number of thioether (sulfide) groups is 1. The minimum atomic E-state index is -0.469. The molecule has 0 N–H and O–H groups in total. The lowest BCUT2D eigenvalue weighted by molar-refractivity contribution is -0.384. The summed E-state index contributed by atoms with van der Waals surface area (Å²) in [6, 6.07) is 9.55. The van der Waals surface area contributed by atoms with E-state index in [1.54, 1.807) is 36.4 Å². The predicted octanol–water partition coefficient (Wildman–Crippen LogP) is 4.76. The fraction of sp³-hybridized carbons (Fsp3) is 0. The molecule has 1 amide bonds. The third-order valence-electron chi connectivity index (χ3n) is 3.58. The van der Waals surface area contributed by atoms with Gasteiger partial charge in [-0.3, -0.25) is 19.8 Å². The van der Waals surface area contributed by atoms with Crippen LogP contribution in [0.2, 0.25) is 0 Å². The van der Waals surface area contributed by atoms with Crippen molar-refractivity contribution < 1.29 is 14.1 Å². The van der Waals surface area contributed by atoms with Gasteiger partial charge in [0.05, 0.1) is 15.4 Å². The number of carbonyl (C=O) groups excluding carboxylic acids is 1. The first-order valence-electron chi connectivity index (χ1n) is 7.35. The molecule has 0 unspecified atom stereocenters. The fourth-order valence-corrected chi connectivity index (χ4v) is 3.65. The molecule has 6 nitrogen and oxygen atoms in total. The lowest BCUT2D eigenvalue weighted by Crippen LogP contribution is -2.25. The van der Waals surface area contributed by atoms with Crippen molar-refractivity contribution in [2.24, 2.45) is 0 Å². The summed E-state index contributed by atoms with van der Waals surface area (Å²) >= 11 is 6.32. The van der Waals surface area contributed by atoms with E-state index in [4.69, 9.17) is 16.6 Å². The third-order valence-corrected chi connectivity index (χ3v) is 4.89. The smallest absolute Gasteiger partial charge is 0.280 e. The first kappa shape index (κ1) is 17.8. The Bertz CT molecular complexity index is 991. The molecule has 1 saturated heterocycles. The monoisotopic (exact) mass is 384 g/mol. The molecule has 0 saturated carbocycles. The highest BCUT2D eigenvalue weighted by molar-refractivity contribution is 8.26. The Balaban J connectivity index is 1.92. The van der Waals surface area contributed by atoms with E-state index in [1.165, 1.54) is 17.0 Å². The second kappa shape index (κ2) is 7.11. The van der Waals surface area contributed by atoms with E-state index >= 15 is 0 Å². The first-order valence-corrected chi connectivity index (χ1v) is 8.57. The number of allylic oxidation sites excluding steroid dienone is 1. The lowest BCUT2D eigenvalue weighted by atomic mass is 10.1. The molecule has 1 aliphatic heterocycles. The summed E-state index contributed by atoms with van der Waals surface area (Å²) in [6.07, 6.45) is 3.00. The molecule has 1 fully saturated rings. The van der Waals surface area contributed by atoms with Gasteiger partial charge in [0.1, 0.15) is 11.5 Å². The van der Waals surface area contributed by atoms with Crippen LogP contribution in [0.15, 0.2) is 70.7 Å². The third kappa shape index (κ3) is 3.24. The molecule has 0 spiro atoms. The number of hydrogen-bond acceptors (Lipinski definition) is 6. The van der Waals surface area contributed by atoms with Crippen LogP contribution in [-0.4, -0.2) is 20.1 Å². The number of nitro groups is 1. The molecule has 1 aromatic heterocycles. The van der Waals surface area contributed by atoms with E-state index < -0.39 is 4.92 Å². The Kier molecular flexibility index (Phi) is 4.88. The van der Waals surface area contributed by atoms with Crippen molar-refractivity contribution in [3.63, 3.8) is 0 Å². The van der Waals surface area contributed by atoms with Gasteiger partial charge < -0.3 is 4.42 Å². The summed E-state index contributed by atoms with van der Waals surface area (Å²) < 4.78 is 6.04. The van der Waals surface area contributed by atoms with Gasteiger partial charge in [-0.25, -0.2) is 0 Å². The van der Waals surface area contributed by atoms with E-state index in [2.05, 4.69) is 13.2 Å². The van der Waals surface area contributed by atoms with Crippen LogP contribution in [0, 0.1) is 10.1 Å². The number of thiocarbonyl (C=S) groups is 1. The number of benzene rings is 1. The molecule has 0 radical (unpaired) electrons. The van der Waals surface area contributed by atoms with Gasteiger partial charge >= 0.3 is 0 Å². The van der Waals surface area contributed by atoms with Gasteiger partial charge in [-0.05, 0) is 24.3 Å². The average molecular weight is 384 g/mol. The van der Waals surface area contributed by atoms with Gasteiger partial charge in [0, 0.05) is 17.8 Å². The van der Waals surface area contributed by atoms with Crippen molar-refractivity contribution in [1.29, 1.82) is 0 Å². The molecule has 1 aromatic carbocycles. The molecular weight excluding hydrogens is 372 g/mol. The van der Waals surface area contributed by atoms with Crippen molar-refractivity contribution in [2.75, 3.05) is 0 Å². The molecule has 2 heterocycles. The van der Waals surface area contributed by atoms with Gasteiger partial charge in [-0.15, -0.1) is 0 Å². The van der Waals surface area contributed by atoms with Crippen LogP contribution in [-0.2, 0) is 4.79 Å². The van der Waals surface area contributed by atoms with Crippen LogP contribution in [0.4, 0.5) is 5.69 Å². The van der Waals surface area contributed by atoms with Crippen molar-refractivity contribution in [3.8, 4) is 11.3 Å². The highest BCUT2D eigenvalue weighted by atomic mass is 32.2. The van der Waals surface area contributed by atoms with Gasteiger partial charge in [0.25, 0.3) is 11.6 Å². The summed E-state index contributed by atoms with van der Waals surface area (Å²) in [5, 5.41) is 11.2. The molecule has 26 heavy (non-hydrogen) atoms. The maximum absolute atomic E-state index is 12.5. The van der Waals surface area contributed by atoms with E-state index in [1.807, 2.05) is 0 Å². The summed E-state index contributed by atoms with van der Waals surface area (Å²) in [7, 11) is 0. The Hall–Kier alpha value is -2.97. The van der Waals surface area contributed by atoms with E-state index in [0.29, 0.717) is 32.0 Å². The van der Waals surface area contributed by atoms with Crippen LogP contribution in [0.25, 0.3) is 17.4 Å². The minimum absolute atomic E-state index is 0.0537. The van der Waals surface area contributed by atoms with E-state index in [-0.39, 0.29) is 11.6 Å². The molecule has 2 aromatic rings. The number of hydrogen-bond donors (Lipinski definition) is 0. The molecule has 130 valence electrons. The first-order chi connectivity index (χ1) is 12.4. The number of para-hydroxylation sites is 1. The van der Waals surface area contributed by atoms with Crippen LogP contribution in [0.5, 0.6) is 0 Å². The molecule has 3 rings (SSSR count). The minimum Gasteiger partial charge on any atom is -0.456 e. The van der Waals surface area contributed by atoms with Crippen molar-refractivity contribution in [2.45, 2.75) is 0 Å². The number of furan rings is 1. The Morgan fingerprint density at radius 1 is 1.31 bits per heavy atom. The summed E-state index contributed by atoms with van der Waals surface area (Å²) in [6.45, 7) is 7.33. The van der Waals surface area contributed by atoms with Crippen LogP contribution >= 0.6 is 24.0 Å². The highest BCUT2D eigenvalue weighted by Crippen LogP contribution is 2.36. The predicted molar refractivity (Wildman–Crippen MR) is 105 cm³/mol. The second-order valence-corrected chi connectivity index (χ2v) is 6.86. The topological polar surface area (TPSA) is 76.6 Å². The van der Waals surface area contributed by atoms with Crippen LogP contribution in [0.3, 0.4) is 0 Å². The average Bonchev–Trinajstić information content (AvgIpc) is 3.19. The summed E-state index contributed by atoms with van der Waals surface area (Å²) in [4.78, 5) is 24.8. The molecule has 1 aliphatic rings. The van der Waals surface area contributed by atoms with Gasteiger partial charge in [-0.2, -0.15) is 0 Å². The summed E-state index contributed by atoms with van der Waals surface area (Å²) in [5.41, 5.74) is 0.711. The maximum atomic E-state index is 12.5. The second-order valence-electron chi connectivity index (χ2n) is 5.19. The lowest BCUT2D eigenvalue weighted by Gasteiger charge is -2.13. The molecule has 0 bridgehead atoms. The van der Waals surface area contributed by atoms with E-state index in [9.17, 15) is 14.9 Å². The van der Waals surface area contributed by atoms with Crippen LogP contribution < -0.4 is 0 Å². The molecule has 8 heteroatoms. The number of amides is 1. The fourth-order valence-electron chi connectivity index (χ4n) is 2.35. The normalized spacial score (nSPS) is 15.5. The van der Waals surface area contributed by atoms with Gasteiger partial charge in [-0.1, -0.05) is 49.3 Å². The highest BCUT2D eigenvalue weighted by Gasteiger charge is 2.33. The number of nitro benzene ring substituents is 1. The Morgan fingerprint density at radius 2 is 2.04 bits per heavy atom. The van der Waals surface area contributed by atoms with Gasteiger partial charge in [0.2, 0.25) is 0 Å². The molecule has 0 atom stereocenters. The standard InChI is InChI=1S/C18H12N2O4S2/c1-3-11(2)19-17(21)16(26-18(19)25)10-12-8-9-15(24-12)13-6-4-5-7-14(13)20(22)23/h3-10H,1-2H2/b16-10-. The largest absolute Gasteiger partial charge is 0.456 e. The quantitative estimate of drug-likeness (QED) is 0.243. The zero-order valence-corrected chi connectivity index (χ0v) is 15.0. The number of nitrogens with zero attached hydrogens (tertiary/aromatic N) is 2. The number of carbonyl (C=O) groups is 1. The van der Waals surface area contributed by atoms with Crippen molar-refractivity contribution in [1.82, 2.24) is 4.90 Å². The van der Waals surface area contributed by atoms with Crippen LogP contribution in [0.1, 0.15) is 5.76 Å². The zero-order valence-electron chi connectivity index (χ0n) is 13.4. The van der Waals surface area contributed by atoms with Crippen molar-refractivity contribution >= 4 is 46.0 Å². The maximum Gasteiger partial charge on any atom is 0.280 e. The number of rotatable bonds is 5.